The van der Waals surface area contributed by atoms with E-state index in [2.05, 4.69) is 32.4 Å². The summed E-state index contributed by atoms with van der Waals surface area (Å²) < 4.78 is 0. The maximum atomic E-state index is 3.73. The second-order valence-electron chi connectivity index (χ2n) is 2.47. The fourth-order valence-electron chi connectivity index (χ4n) is 0.594. The Morgan fingerprint density at radius 1 is 1.43 bits per heavy atom. The summed E-state index contributed by atoms with van der Waals surface area (Å²) in [6, 6.07) is 0. The first-order valence-electron chi connectivity index (χ1n) is 2.75. The number of hydrogen-bond donors (Lipinski definition) is 0. The van der Waals surface area contributed by atoms with Crippen LogP contribution in [0.4, 0.5) is 0 Å². The van der Waals surface area contributed by atoms with Crippen LogP contribution in [0.3, 0.4) is 0 Å². The van der Waals surface area contributed by atoms with Gasteiger partial charge in [-0.05, 0) is 0 Å². The fourth-order valence-corrected chi connectivity index (χ4v) is 5.15. The van der Waals surface area contributed by atoms with Crippen molar-refractivity contribution in [2.24, 2.45) is 0 Å². The van der Waals surface area contributed by atoms with Gasteiger partial charge in [0.2, 0.25) is 0 Å². The van der Waals surface area contributed by atoms with E-state index in [-0.39, 0.29) is 0 Å². The van der Waals surface area contributed by atoms with Crippen LogP contribution >= 0.6 is 14.0 Å². The minimum atomic E-state index is -1.27. The summed E-state index contributed by atoms with van der Waals surface area (Å²) in [5.41, 5.74) is 0. The van der Waals surface area contributed by atoms with Crippen LogP contribution in [0.15, 0.2) is 0 Å². The first kappa shape index (κ1) is 8.02. The molecule has 0 saturated heterocycles. The van der Waals surface area contributed by atoms with Crippen molar-refractivity contribution in [3.63, 3.8) is 0 Å². The molecule has 0 spiro atoms. The zero-order valence-electron chi connectivity index (χ0n) is 5.29. The van der Waals surface area contributed by atoms with Gasteiger partial charge in [0, 0.05) is 0 Å². The second kappa shape index (κ2) is 3.13. The van der Waals surface area contributed by atoms with Crippen molar-refractivity contribution in [2.75, 3.05) is 0 Å². The first-order valence-corrected chi connectivity index (χ1v) is 13.3. The van der Waals surface area contributed by atoms with Gasteiger partial charge in [0.25, 0.3) is 0 Å². The zero-order chi connectivity index (χ0) is 5.91. The summed E-state index contributed by atoms with van der Waals surface area (Å²) in [5, 5.41) is 1.44. The number of halogens is 1. The van der Waals surface area contributed by atoms with Crippen LogP contribution in [0.2, 0.25) is 16.8 Å². The summed E-state index contributed by atoms with van der Waals surface area (Å²) in [6.07, 6.45) is 1.35. The number of rotatable bonds is 2. The third kappa shape index (κ3) is 7.02. The maximum absolute atomic E-state index is 3.73. The molecule has 7 heavy (non-hydrogen) atoms. The van der Waals surface area contributed by atoms with Crippen LogP contribution in [0.1, 0.15) is 13.3 Å². The first-order chi connectivity index (χ1) is 3.06. The van der Waals surface area contributed by atoms with Gasteiger partial charge in [-0.25, -0.2) is 0 Å². The van der Waals surface area contributed by atoms with E-state index < -0.39 is 11.4 Å². The predicted octanol–water partition coefficient (Wildman–Crippen LogP) is 3.00. The van der Waals surface area contributed by atoms with Crippen LogP contribution in [0, 0.1) is 0 Å². The van der Waals surface area contributed by atoms with Gasteiger partial charge in [-0.15, -0.1) is 0 Å². The molecule has 0 atom stereocenters. The van der Waals surface area contributed by atoms with Crippen molar-refractivity contribution in [1.82, 2.24) is 0 Å². The third-order valence-electron chi connectivity index (χ3n) is 0.844. The summed E-state index contributed by atoms with van der Waals surface area (Å²) in [5.74, 6) is 4.76. The molecule has 0 radical (unpaired) electrons. The summed E-state index contributed by atoms with van der Waals surface area (Å²) in [6.45, 7) is 2.24. The molecule has 44 valence electrons. The van der Waals surface area contributed by atoms with E-state index in [1.54, 1.807) is 0 Å². The van der Waals surface area contributed by atoms with Crippen LogP contribution < -0.4 is 0 Å². The van der Waals surface area contributed by atoms with Crippen molar-refractivity contribution in [3.05, 3.63) is 0 Å². The predicted molar refractivity (Wildman–Crippen MR) is 41.5 cm³/mol. The van der Waals surface area contributed by atoms with Gasteiger partial charge in [0.15, 0.2) is 0 Å². The molecule has 0 aromatic carbocycles. The van der Waals surface area contributed by atoms with Gasteiger partial charge in [0.05, 0.1) is 0 Å². The molecule has 0 aliphatic rings. The van der Waals surface area contributed by atoms with Gasteiger partial charge in [-0.3, -0.25) is 0 Å². The average Bonchev–Trinajstić information content (AvgIpc) is 1.30. The van der Waals surface area contributed by atoms with E-state index in [0.29, 0.717) is 0 Å². The Kier molecular flexibility index (Phi) is 3.59. The molecule has 0 heterocycles. The molecular formula is C5H13BrGe. The van der Waals surface area contributed by atoms with Gasteiger partial charge >= 0.3 is 55.5 Å². The third-order valence-corrected chi connectivity index (χ3v) is 6.45. The molecule has 0 unspecified atom stereocenters. The van der Waals surface area contributed by atoms with Crippen molar-refractivity contribution in [3.8, 4) is 0 Å². The topological polar surface area (TPSA) is 0 Å². The molecule has 0 saturated carbocycles. The summed E-state index contributed by atoms with van der Waals surface area (Å²) in [4.78, 5) is 0. The molecule has 0 fully saturated rings. The Labute approximate surface area is 55.7 Å². The molecular weight excluding hydrogens is 213 g/mol. The van der Waals surface area contributed by atoms with Crippen molar-refractivity contribution >= 4 is 25.4 Å². The van der Waals surface area contributed by atoms with E-state index in [1.807, 2.05) is 0 Å². The second-order valence-corrected chi connectivity index (χ2v) is 21.9. The van der Waals surface area contributed by atoms with Gasteiger partial charge in [0.1, 0.15) is 0 Å². The summed E-state index contributed by atoms with van der Waals surface area (Å²) in [7, 11) is 0. The van der Waals surface area contributed by atoms with E-state index in [9.17, 15) is 0 Å². The Morgan fingerprint density at radius 3 is 1.86 bits per heavy atom. The van der Waals surface area contributed by atoms with Crippen LogP contribution in [-0.2, 0) is 0 Å². The van der Waals surface area contributed by atoms with Crippen LogP contribution in [0.25, 0.3) is 0 Å². The monoisotopic (exact) mass is 226 g/mol. The van der Waals surface area contributed by atoms with E-state index >= 15 is 0 Å². The standard InChI is InChI=1S/C5H13BrGe/c1-4-5-7(2,3)6/h4-5H2,1-3H3. The molecule has 0 aromatic heterocycles. The fraction of sp³-hybridized carbons (Fsp3) is 1.00. The quantitative estimate of drug-likeness (QED) is 0.634. The molecule has 0 N–H and O–H groups in total. The number of hydrogen-bond acceptors (Lipinski definition) is 0. The van der Waals surface area contributed by atoms with E-state index in [0.717, 1.165) is 0 Å². The van der Waals surface area contributed by atoms with Gasteiger partial charge in [-0.2, -0.15) is 0 Å². The Balaban J connectivity index is 3.15. The molecule has 0 aliphatic heterocycles. The van der Waals surface area contributed by atoms with Crippen molar-refractivity contribution < 1.29 is 0 Å². The van der Waals surface area contributed by atoms with Gasteiger partial charge < -0.3 is 0 Å². The van der Waals surface area contributed by atoms with Gasteiger partial charge in [-0.1, -0.05) is 0 Å². The SMILES string of the molecule is CC[CH2][Ge]([CH3])([CH3])[Br]. The molecule has 0 aromatic rings. The average molecular weight is 226 g/mol. The Morgan fingerprint density at radius 2 is 1.86 bits per heavy atom. The zero-order valence-corrected chi connectivity index (χ0v) is 8.98. The molecule has 0 amide bonds. The molecule has 0 bridgehead atoms. The van der Waals surface area contributed by atoms with Crippen molar-refractivity contribution in [1.29, 1.82) is 0 Å². The summed E-state index contributed by atoms with van der Waals surface area (Å²) >= 11 is 2.46. The van der Waals surface area contributed by atoms with Crippen LogP contribution in [-0.4, -0.2) is 11.4 Å². The van der Waals surface area contributed by atoms with E-state index in [4.69, 9.17) is 0 Å². The Bertz CT molecular complexity index is 46.5. The van der Waals surface area contributed by atoms with E-state index in [1.165, 1.54) is 11.7 Å². The molecule has 0 rings (SSSR count). The normalized spacial score (nSPS) is 12.0. The Hall–Kier alpha value is 1.02. The molecule has 0 aliphatic carbocycles. The minimum absolute atomic E-state index is 1.27. The van der Waals surface area contributed by atoms with Crippen LogP contribution in [0.5, 0.6) is 0 Å². The molecule has 0 nitrogen and oxygen atoms in total. The molecule has 2 heteroatoms. The van der Waals surface area contributed by atoms with Crippen molar-refractivity contribution in [2.45, 2.75) is 30.1 Å².